The van der Waals surface area contributed by atoms with Crippen molar-refractivity contribution in [3.8, 4) is 0 Å². The van der Waals surface area contributed by atoms with Gasteiger partial charge in [-0.05, 0) is 19.1 Å². The van der Waals surface area contributed by atoms with E-state index in [1.54, 1.807) is 0 Å². The molecule has 1 atom stereocenters. The van der Waals surface area contributed by atoms with Crippen molar-refractivity contribution in [2.45, 2.75) is 19.5 Å². The molecule has 86 valence electrons. The third kappa shape index (κ3) is 2.30. The number of rotatable bonds is 4. The van der Waals surface area contributed by atoms with Crippen molar-refractivity contribution in [1.82, 2.24) is 24.9 Å². The third-order valence-corrected chi connectivity index (χ3v) is 2.66. The Morgan fingerprint density at radius 1 is 1.38 bits per heavy atom. The predicted molar refractivity (Wildman–Crippen MR) is 61.7 cm³/mol. The minimum atomic E-state index is 0.273. The Bertz CT molecular complexity index is 456. The second-order valence-electron chi connectivity index (χ2n) is 3.96. The van der Waals surface area contributed by atoms with E-state index in [0.29, 0.717) is 0 Å². The monoisotopic (exact) mass is 219 g/mol. The van der Waals surface area contributed by atoms with Crippen LogP contribution in [0.25, 0.3) is 0 Å². The van der Waals surface area contributed by atoms with Gasteiger partial charge in [0.25, 0.3) is 0 Å². The molecule has 2 rings (SSSR count). The van der Waals surface area contributed by atoms with Gasteiger partial charge in [-0.15, -0.1) is 0 Å². The molecule has 0 aliphatic heterocycles. The van der Waals surface area contributed by atoms with E-state index in [1.165, 1.54) is 5.69 Å². The van der Waals surface area contributed by atoms with Gasteiger partial charge in [-0.25, -0.2) is 0 Å². The van der Waals surface area contributed by atoms with Crippen molar-refractivity contribution in [1.29, 1.82) is 0 Å². The number of hydrogen-bond donors (Lipinski definition) is 1. The first-order chi connectivity index (χ1) is 7.66. The fourth-order valence-corrected chi connectivity index (χ4v) is 1.73. The number of nitrogens with one attached hydrogen (secondary N) is 1. The van der Waals surface area contributed by atoms with Crippen LogP contribution < -0.4 is 5.32 Å². The third-order valence-electron chi connectivity index (χ3n) is 2.66. The summed E-state index contributed by atoms with van der Waals surface area (Å²) < 4.78 is 3.70. The zero-order valence-electron chi connectivity index (χ0n) is 9.88. The van der Waals surface area contributed by atoms with Gasteiger partial charge in [0, 0.05) is 39.1 Å². The zero-order chi connectivity index (χ0) is 11.5. The first kappa shape index (κ1) is 10.9. The van der Waals surface area contributed by atoms with Gasteiger partial charge in [0.1, 0.15) is 0 Å². The molecule has 0 aliphatic rings. The Kier molecular flexibility index (Phi) is 3.05. The summed E-state index contributed by atoms with van der Waals surface area (Å²) in [5.41, 5.74) is 2.23. The van der Waals surface area contributed by atoms with Crippen molar-refractivity contribution in [3.05, 3.63) is 35.9 Å². The summed E-state index contributed by atoms with van der Waals surface area (Å²) in [6.45, 7) is 2.90. The molecule has 0 saturated carbocycles. The fourth-order valence-electron chi connectivity index (χ4n) is 1.73. The second kappa shape index (κ2) is 4.49. The van der Waals surface area contributed by atoms with Crippen LogP contribution in [0, 0.1) is 0 Å². The van der Waals surface area contributed by atoms with Crippen LogP contribution in [0.5, 0.6) is 0 Å². The summed E-state index contributed by atoms with van der Waals surface area (Å²) in [6.07, 6.45) is 3.76. The molecule has 0 spiro atoms. The van der Waals surface area contributed by atoms with Crippen molar-refractivity contribution < 1.29 is 0 Å². The average molecular weight is 219 g/mol. The minimum absolute atomic E-state index is 0.273. The Morgan fingerprint density at radius 2 is 2.19 bits per heavy atom. The number of hydrogen-bond acceptors (Lipinski definition) is 3. The zero-order valence-corrected chi connectivity index (χ0v) is 9.88. The van der Waals surface area contributed by atoms with E-state index >= 15 is 0 Å². The second-order valence-corrected chi connectivity index (χ2v) is 3.96. The topological polar surface area (TPSA) is 47.7 Å². The Labute approximate surface area is 95.1 Å². The van der Waals surface area contributed by atoms with Crippen LogP contribution in [0.1, 0.15) is 24.4 Å². The molecule has 1 N–H and O–H groups in total. The summed E-state index contributed by atoms with van der Waals surface area (Å²) in [5.74, 6) is 0. The highest BCUT2D eigenvalue weighted by molar-refractivity contribution is 5.06. The van der Waals surface area contributed by atoms with Crippen LogP contribution in [0.3, 0.4) is 0 Å². The molecule has 0 saturated heterocycles. The fraction of sp³-hybridized carbons (Fsp3) is 0.455. The Hall–Kier alpha value is -1.62. The van der Waals surface area contributed by atoms with Crippen molar-refractivity contribution in [2.75, 3.05) is 0 Å². The van der Waals surface area contributed by atoms with Crippen molar-refractivity contribution >= 4 is 0 Å². The summed E-state index contributed by atoms with van der Waals surface area (Å²) >= 11 is 0. The molecule has 2 aromatic heterocycles. The number of aryl methyl sites for hydroxylation is 2. The van der Waals surface area contributed by atoms with Crippen LogP contribution in [0.2, 0.25) is 0 Å². The average Bonchev–Trinajstić information content (AvgIpc) is 2.84. The van der Waals surface area contributed by atoms with Gasteiger partial charge in [0.2, 0.25) is 0 Å². The summed E-state index contributed by atoms with van der Waals surface area (Å²) in [6, 6.07) is 4.31. The van der Waals surface area contributed by atoms with Crippen molar-refractivity contribution in [2.24, 2.45) is 14.1 Å². The molecule has 0 bridgehead atoms. The Morgan fingerprint density at radius 3 is 2.75 bits per heavy atom. The Balaban J connectivity index is 1.93. The lowest BCUT2D eigenvalue weighted by Gasteiger charge is -2.12. The van der Waals surface area contributed by atoms with Gasteiger partial charge in [-0.2, -0.15) is 10.2 Å². The lowest BCUT2D eigenvalue weighted by molar-refractivity contribution is 0.522. The van der Waals surface area contributed by atoms with Crippen LogP contribution in [-0.4, -0.2) is 19.6 Å². The van der Waals surface area contributed by atoms with Gasteiger partial charge in [0.05, 0.1) is 11.4 Å². The molecular weight excluding hydrogens is 202 g/mol. The van der Waals surface area contributed by atoms with E-state index in [4.69, 9.17) is 0 Å². The molecule has 5 heteroatoms. The van der Waals surface area contributed by atoms with E-state index in [0.717, 1.165) is 12.2 Å². The smallest absolute Gasteiger partial charge is 0.0762 e. The standard InChI is InChI=1S/C11H17N5/c1-9(11-4-6-13-16(11)3)12-8-10-5-7-15(2)14-10/h4-7,9,12H,8H2,1-3H3. The van der Waals surface area contributed by atoms with Gasteiger partial charge in [-0.3, -0.25) is 9.36 Å². The van der Waals surface area contributed by atoms with Crippen LogP contribution in [0.15, 0.2) is 24.5 Å². The number of aromatic nitrogens is 4. The first-order valence-corrected chi connectivity index (χ1v) is 5.36. The minimum Gasteiger partial charge on any atom is -0.303 e. The molecule has 2 heterocycles. The number of nitrogens with zero attached hydrogens (tertiary/aromatic N) is 4. The molecule has 1 unspecified atom stereocenters. The van der Waals surface area contributed by atoms with Gasteiger partial charge in [0.15, 0.2) is 0 Å². The molecule has 16 heavy (non-hydrogen) atoms. The van der Waals surface area contributed by atoms with E-state index in [2.05, 4.69) is 22.4 Å². The van der Waals surface area contributed by atoms with Crippen molar-refractivity contribution in [3.63, 3.8) is 0 Å². The quantitative estimate of drug-likeness (QED) is 0.834. The molecule has 0 aromatic carbocycles. The van der Waals surface area contributed by atoms with Gasteiger partial charge in [-0.1, -0.05) is 0 Å². The summed E-state index contributed by atoms with van der Waals surface area (Å²) in [7, 11) is 3.88. The van der Waals surface area contributed by atoms with Crippen LogP contribution in [-0.2, 0) is 20.6 Å². The normalized spacial score (nSPS) is 12.9. The van der Waals surface area contributed by atoms with E-state index in [-0.39, 0.29) is 6.04 Å². The molecule has 5 nitrogen and oxygen atoms in total. The van der Waals surface area contributed by atoms with Crippen LogP contribution >= 0.6 is 0 Å². The van der Waals surface area contributed by atoms with E-state index in [1.807, 2.05) is 48.0 Å². The lowest BCUT2D eigenvalue weighted by atomic mass is 10.2. The maximum absolute atomic E-state index is 4.32. The molecule has 0 radical (unpaired) electrons. The maximum atomic E-state index is 4.32. The molecule has 0 amide bonds. The van der Waals surface area contributed by atoms with E-state index in [9.17, 15) is 0 Å². The highest BCUT2D eigenvalue weighted by atomic mass is 15.3. The first-order valence-electron chi connectivity index (χ1n) is 5.36. The highest BCUT2D eigenvalue weighted by Crippen LogP contribution is 2.10. The molecule has 0 fully saturated rings. The van der Waals surface area contributed by atoms with Crippen LogP contribution in [0.4, 0.5) is 0 Å². The maximum Gasteiger partial charge on any atom is 0.0762 e. The molecule has 0 aliphatic carbocycles. The highest BCUT2D eigenvalue weighted by Gasteiger charge is 2.08. The predicted octanol–water partition coefficient (Wildman–Crippen LogP) is 1.00. The van der Waals surface area contributed by atoms with Gasteiger partial charge >= 0.3 is 0 Å². The summed E-state index contributed by atoms with van der Waals surface area (Å²) in [4.78, 5) is 0. The molecular formula is C11H17N5. The van der Waals surface area contributed by atoms with E-state index < -0.39 is 0 Å². The van der Waals surface area contributed by atoms with Gasteiger partial charge < -0.3 is 5.32 Å². The lowest BCUT2D eigenvalue weighted by Crippen LogP contribution is -2.20. The largest absolute Gasteiger partial charge is 0.303 e. The summed E-state index contributed by atoms with van der Waals surface area (Å²) in [5, 5.41) is 11.9. The SMILES string of the molecule is CC(NCc1ccn(C)n1)c1ccnn1C. The molecule has 2 aromatic rings.